The van der Waals surface area contributed by atoms with E-state index in [9.17, 15) is 4.79 Å². The molecule has 0 atom stereocenters. The second-order valence-corrected chi connectivity index (χ2v) is 2.85. The molecular weight excluding hydrogens is 192 g/mol. The molecule has 1 aromatic rings. The van der Waals surface area contributed by atoms with Crippen LogP contribution in [0.25, 0.3) is 0 Å². The average molecular weight is 201 g/mol. The van der Waals surface area contributed by atoms with E-state index in [-0.39, 0.29) is 5.56 Å². The van der Waals surface area contributed by atoms with Crippen LogP contribution in [0.5, 0.6) is 5.75 Å². The van der Waals surface area contributed by atoms with E-state index in [2.05, 4.69) is 0 Å². The lowest BCUT2D eigenvalue weighted by Gasteiger charge is -2.04. The highest BCUT2D eigenvalue weighted by Gasteiger charge is 2.06. The molecule has 0 saturated carbocycles. The maximum absolute atomic E-state index is 10.6. The molecule has 1 N–H and O–H groups in total. The van der Waals surface area contributed by atoms with Crippen molar-refractivity contribution in [3.63, 3.8) is 0 Å². The van der Waals surface area contributed by atoms with E-state index < -0.39 is 5.97 Å². The summed E-state index contributed by atoms with van der Waals surface area (Å²) in [6, 6.07) is 4.40. The SMILES string of the molecule is CCOc1cc(Cl)cc(C(=O)O)c1. The number of carbonyl (C=O) groups is 1. The van der Waals surface area contributed by atoms with Crippen LogP contribution in [-0.2, 0) is 0 Å². The summed E-state index contributed by atoms with van der Waals surface area (Å²) in [6.07, 6.45) is 0. The van der Waals surface area contributed by atoms with Crippen LogP contribution in [0, 0.1) is 0 Å². The van der Waals surface area contributed by atoms with E-state index in [1.54, 1.807) is 6.07 Å². The highest BCUT2D eigenvalue weighted by molar-refractivity contribution is 6.31. The standard InChI is InChI=1S/C9H9ClO3/c1-2-13-8-4-6(9(11)12)3-7(10)5-8/h3-5H,2H2,1H3,(H,11,12). The topological polar surface area (TPSA) is 46.5 Å². The summed E-state index contributed by atoms with van der Waals surface area (Å²) < 4.78 is 5.13. The molecule has 0 bridgehead atoms. The Morgan fingerprint density at radius 2 is 2.23 bits per heavy atom. The van der Waals surface area contributed by atoms with Gasteiger partial charge in [-0.15, -0.1) is 0 Å². The van der Waals surface area contributed by atoms with Gasteiger partial charge in [0.15, 0.2) is 0 Å². The molecule has 0 aliphatic heterocycles. The van der Waals surface area contributed by atoms with Gasteiger partial charge in [-0.05, 0) is 25.1 Å². The zero-order chi connectivity index (χ0) is 9.84. The summed E-state index contributed by atoms with van der Waals surface area (Å²) in [5.41, 5.74) is 0.135. The first-order chi connectivity index (χ1) is 6.13. The highest BCUT2D eigenvalue weighted by Crippen LogP contribution is 2.20. The van der Waals surface area contributed by atoms with Gasteiger partial charge in [0.05, 0.1) is 12.2 Å². The van der Waals surface area contributed by atoms with Crippen LogP contribution >= 0.6 is 11.6 Å². The molecular formula is C9H9ClO3. The van der Waals surface area contributed by atoms with Crippen molar-refractivity contribution in [3.8, 4) is 5.75 Å². The Bertz CT molecular complexity index is 323. The number of aromatic carboxylic acids is 1. The molecule has 3 nitrogen and oxygen atoms in total. The second kappa shape index (κ2) is 4.14. The van der Waals surface area contributed by atoms with Crippen molar-refractivity contribution in [1.82, 2.24) is 0 Å². The Hall–Kier alpha value is -1.22. The van der Waals surface area contributed by atoms with Crippen LogP contribution in [0.1, 0.15) is 17.3 Å². The molecule has 0 aliphatic carbocycles. The predicted octanol–water partition coefficient (Wildman–Crippen LogP) is 2.44. The Morgan fingerprint density at radius 3 is 2.77 bits per heavy atom. The molecule has 13 heavy (non-hydrogen) atoms. The Kier molecular flexibility index (Phi) is 3.14. The van der Waals surface area contributed by atoms with Gasteiger partial charge in [0.25, 0.3) is 0 Å². The summed E-state index contributed by atoms with van der Waals surface area (Å²) >= 11 is 5.69. The zero-order valence-electron chi connectivity index (χ0n) is 7.08. The molecule has 0 amide bonds. The number of benzene rings is 1. The summed E-state index contributed by atoms with van der Waals surface area (Å²) in [7, 11) is 0. The van der Waals surface area contributed by atoms with Crippen molar-refractivity contribution in [2.24, 2.45) is 0 Å². The third-order valence-electron chi connectivity index (χ3n) is 1.43. The number of carboxylic acids is 1. The molecule has 1 aromatic carbocycles. The molecule has 70 valence electrons. The molecule has 4 heteroatoms. The van der Waals surface area contributed by atoms with Crippen molar-refractivity contribution in [3.05, 3.63) is 28.8 Å². The summed E-state index contributed by atoms with van der Waals surface area (Å²) in [4.78, 5) is 10.6. The Balaban J connectivity index is 3.03. The van der Waals surface area contributed by atoms with E-state index in [1.807, 2.05) is 6.92 Å². The van der Waals surface area contributed by atoms with Crippen molar-refractivity contribution in [2.45, 2.75) is 6.92 Å². The second-order valence-electron chi connectivity index (χ2n) is 2.41. The average Bonchev–Trinajstić information content (AvgIpc) is 2.03. The molecule has 0 unspecified atom stereocenters. The third-order valence-corrected chi connectivity index (χ3v) is 1.65. The number of rotatable bonds is 3. The van der Waals surface area contributed by atoms with Crippen molar-refractivity contribution in [2.75, 3.05) is 6.61 Å². The summed E-state index contributed by atoms with van der Waals surface area (Å²) in [6.45, 7) is 2.31. The molecule has 0 radical (unpaired) electrons. The van der Waals surface area contributed by atoms with Crippen molar-refractivity contribution >= 4 is 17.6 Å². The van der Waals surface area contributed by atoms with E-state index in [0.717, 1.165) is 0 Å². The van der Waals surface area contributed by atoms with Crippen LogP contribution < -0.4 is 4.74 Å². The van der Waals surface area contributed by atoms with Crippen molar-refractivity contribution < 1.29 is 14.6 Å². The van der Waals surface area contributed by atoms with E-state index in [0.29, 0.717) is 17.4 Å². The van der Waals surface area contributed by atoms with E-state index in [4.69, 9.17) is 21.4 Å². The smallest absolute Gasteiger partial charge is 0.335 e. The molecule has 1 rings (SSSR count). The van der Waals surface area contributed by atoms with Gasteiger partial charge in [-0.2, -0.15) is 0 Å². The van der Waals surface area contributed by atoms with Gasteiger partial charge < -0.3 is 9.84 Å². The Labute approximate surface area is 80.9 Å². The molecule has 0 fully saturated rings. The normalized spacial score (nSPS) is 9.69. The van der Waals surface area contributed by atoms with Crippen LogP contribution in [0.3, 0.4) is 0 Å². The quantitative estimate of drug-likeness (QED) is 0.815. The summed E-state index contributed by atoms with van der Waals surface area (Å²) in [5.74, 6) is -0.532. The molecule has 0 aliphatic rings. The molecule has 0 aromatic heterocycles. The number of carboxylic acid groups (broad SMARTS) is 1. The zero-order valence-corrected chi connectivity index (χ0v) is 7.84. The number of ether oxygens (including phenoxy) is 1. The third kappa shape index (κ3) is 2.63. The van der Waals surface area contributed by atoms with Gasteiger partial charge in [-0.3, -0.25) is 0 Å². The monoisotopic (exact) mass is 200 g/mol. The first-order valence-electron chi connectivity index (χ1n) is 3.80. The first-order valence-corrected chi connectivity index (χ1v) is 4.18. The van der Waals surface area contributed by atoms with Gasteiger partial charge in [0.2, 0.25) is 0 Å². The predicted molar refractivity (Wildman–Crippen MR) is 49.6 cm³/mol. The first kappa shape index (κ1) is 9.86. The van der Waals surface area contributed by atoms with E-state index in [1.165, 1.54) is 12.1 Å². The molecule has 0 spiro atoms. The fourth-order valence-electron chi connectivity index (χ4n) is 0.936. The fraction of sp³-hybridized carbons (Fsp3) is 0.222. The van der Waals surface area contributed by atoms with Crippen molar-refractivity contribution in [1.29, 1.82) is 0 Å². The van der Waals surface area contributed by atoms with E-state index >= 15 is 0 Å². The number of halogens is 1. The molecule has 0 heterocycles. The largest absolute Gasteiger partial charge is 0.494 e. The highest BCUT2D eigenvalue weighted by atomic mass is 35.5. The number of hydrogen-bond acceptors (Lipinski definition) is 2. The molecule has 0 saturated heterocycles. The van der Waals surface area contributed by atoms with Crippen LogP contribution in [0.2, 0.25) is 5.02 Å². The minimum atomic E-state index is -1.01. The lowest BCUT2D eigenvalue weighted by atomic mass is 10.2. The van der Waals surface area contributed by atoms with Gasteiger partial charge in [-0.25, -0.2) is 4.79 Å². The fourth-order valence-corrected chi connectivity index (χ4v) is 1.16. The minimum Gasteiger partial charge on any atom is -0.494 e. The van der Waals surface area contributed by atoms with Gasteiger partial charge in [-0.1, -0.05) is 11.6 Å². The maximum Gasteiger partial charge on any atom is 0.335 e. The summed E-state index contributed by atoms with van der Waals surface area (Å²) in [5, 5.41) is 9.05. The maximum atomic E-state index is 10.6. The van der Waals surface area contributed by atoms with Gasteiger partial charge in [0.1, 0.15) is 5.75 Å². The van der Waals surface area contributed by atoms with Crippen LogP contribution in [0.4, 0.5) is 0 Å². The van der Waals surface area contributed by atoms with Gasteiger partial charge in [0, 0.05) is 5.02 Å². The Morgan fingerprint density at radius 1 is 1.54 bits per heavy atom. The number of hydrogen-bond donors (Lipinski definition) is 1. The minimum absolute atomic E-state index is 0.135. The van der Waals surface area contributed by atoms with Gasteiger partial charge >= 0.3 is 5.97 Å². The van der Waals surface area contributed by atoms with Crippen LogP contribution in [-0.4, -0.2) is 17.7 Å². The lowest BCUT2D eigenvalue weighted by Crippen LogP contribution is -1.98. The van der Waals surface area contributed by atoms with Crippen LogP contribution in [0.15, 0.2) is 18.2 Å². The lowest BCUT2D eigenvalue weighted by molar-refractivity contribution is 0.0696.